The van der Waals surface area contributed by atoms with Crippen LogP contribution in [0.5, 0.6) is 0 Å². The van der Waals surface area contributed by atoms with Crippen molar-refractivity contribution in [3.8, 4) is 0 Å². The van der Waals surface area contributed by atoms with Crippen molar-refractivity contribution in [3.63, 3.8) is 0 Å². The maximum Gasteiger partial charge on any atom is 0.329 e. The third-order valence-electron chi connectivity index (χ3n) is 15.2. The van der Waals surface area contributed by atoms with Crippen LogP contribution in [-0.2, 0) is 47.7 Å². The van der Waals surface area contributed by atoms with Crippen molar-refractivity contribution in [2.45, 2.75) is 180 Å². The third-order valence-corrected chi connectivity index (χ3v) is 15.2. The summed E-state index contributed by atoms with van der Waals surface area (Å²) in [6.45, 7) is 12.8. The Balaban J connectivity index is 1.46. The van der Waals surface area contributed by atoms with Gasteiger partial charge in [-0.05, 0) is 117 Å². The van der Waals surface area contributed by atoms with Gasteiger partial charge in [-0.15, -0.1) is 5.10 Å². The third kappa shape index (κ3) is 14.2. The van der Waals surface area contributed by atoms with Crippen molar-refractivity contribution in [1.82, 2.24) is 25.1 Å². The van der Waals surface area contributed by atoms with E-state index in [9.17, 15) is 34.2 Å². The molecule has 2 N–H and O–H groups in total. The van der Waals surface area contributed by atoms with Crippen LogP contribution in [0.1, 0.15) is 132 Å². The van der Waals surface area contributed by atoms with Gasteiger partial charge in [0, 0.05) is 58.5 Å². The number of ether oxygens (including phenoxy) is 5. The average Bonchev–Trinajstić information content (AvgIpc) is 3.88. The Hall–Kier alpha value is -4.26. The lowest BCUT2D eigenvalue weighted by atomic mass is 9.77. The Morgan fingerprint density at radius 1 is 0.899 bits per heavy atom. The maximum absolute atomic E-state index is 14.5. The number of rotatable bonds is 7. The van der Waals surface area contributed by atoms with Crippen LogP contribution in [0.25, 0.3) is 0 Å². The molecule has 15 atom stereocenters. The number of aromatic nitrogens is 4. The highest BCUT2D eigenvalue weighted by Gasteiger charge is 2.53. The van der Waals surface area contributed by atoms with Gasteiger partial charge in [0.25, 0.3) is 11.7 Å². The molecule has 5 rings (SSSR count). The summed E-state index contributed by atoms with van der Waals surface area (Å²) in [5.41, 5.74) is 1.20. The number of allylic oxidation sites excluding steroid dienone is 6. The van der Waals surface area contributed by atoms with Gasteiger partial charge < -0.3 is 38.8 Å². The van der Waals surface area contributed by atoms with Crippen LogP contribution in [0.15, 0.2) is 53.9 Å². The molecule has 1 unspecified atom stereocenters. The van der Waals surface area contributed by atoms with Gasteiger partial charge in [0.1, 0.15) is 24.6 Å². The van der Waals surface area contributed by atoms with Crippen molar-refractivity contribution in [2.24, 2.45) is 35.5 Å². The first-order chi connectivity index (χ1) is 32.8. The molecule has 0 radical (unpaired) electrons. The van der Waals surface area contributed by atoms with Crippen LogP contribution in [0.2, 0.25) is 0 Å². The zero-order chi connectivity index (χ0) is 50.6. The van der Waals surface area contributed by atoms with Crippen LogP contribution >= 0.6 is 0 Å². The second-order valence-electron chi connectivity index (χ2n) is 20.4. The predicted molar refractivity (Wildman–Crippen MR) is 256 cm³/mol. The van der Waals surface area contributed by atoms with Crippen molar-refractivity contribution >= 4 is 29.2 Å². The fourth-order valence-corrected chi connectivity index (χ4v) is 10.8. The number of amides is 1. The standard InChI is InChI=1S/C52H79N5O12/c1-31-16-12-11-13-17-32(2)43(65-8)28-39-21-19-37(7)52(64,69-39)49(61)50(62)56-23-15-14-18-41(56)51(63)68-44(34(4)26-38-20-22-40(45(27-38)66-9)57-30-53-54-55-57)29-42(58)33(3)25-36(6)47(60)48(67-10)46(59)35(5)24-31/h11-13,16-17,25,30-31,34-41,43-45,47-48,60,64H,14-15,18-24,26-29H2,1-10H3/t31-,34-,35+,36?,37-,38+,39+,40+,41+,43+,44+,45-,47-,48+,52-/m1/s1. The van der Waals surface area contributed by atoms with E-state index in [4.69, 9.17) is 23.7 Å². The zero-order valence-corrected chi connectivity index (χ0v) is 42.5. The number of ketones is 3. The lowest BCUT2D eigenvalue weighted by Crippen LogP contribution is -2.61. The topological polar surface area (TPSA) is 219 Å². The van der Waals surface area contributed by atoms with Gasteiger partial charge in [0.2, 0.25) is 5.79 Å². The Morgan fingerprint density at radius 3 is 2.33 bits per heavy atom. The molecular weight excluding hydrogens is 887 g/mol. The molecule has 0 spiro atoms. The van der Waals surface area contributed by atoms with Gasteiger partial charge in [-0.25, -0.2) is 9.48 Å². The van der Waals surface area contributed by atoms with Gasteiger partial charge in [0.15, 0.2) is 11.6 Å². The van der Waals surface area contributed by atoms with E-state index in [0.29, 0.717) is 56.9 Å². The number of fused-ring (bicyclic) bond motifs is 3. The summed E-state index contributed by atoms with van der Waals surface area (Å²) in [6, 6.07) is -1.20. The van der Waals surface area contributed by atoms with Gasteiger partial charge in [0.05, 0.1) is 30.5 Å². The molecule has 0 aromatic carbocycles. The summed E-state index contributed by atoms with van der Waals surface area (Å²) >= 11 is 0. The molecule has 69 heavy (non-hydrogen) atoms. The van der Waals surface area contributed by atoms with Crippen LogP contribution < -0.4 is 0 Å². The van der Waals surface area contributed by atoms with Crippen LogP contribution in [0.4, 0.5) is 0 Å². The Morgan fingerprint density at radius 2 is 1.65 bits per heavy atom. The molecular formula is C52H79N5O12. The van der Waals surface area contributed by atoms with Crippen molar-refractivity contribution < 1.29 is 57.9 Å². The lowest BCUT2D eigenvalue weighted by Gasteiger charge is -2.42. The summed E-state index contributed by atoms with van der Waals surface area (Å²) in [5, 5.41) is 35.2. The molecule has 3 fully saturated rings. The lowest BCUT2D eigenvalue weighted by molar-refractivity contribution is -0.265. The van der Waals surface area contributed by atoms with Gasteiger partial charge in [-0.1, -0.05) is 71.1 Å². The van der Waals surface area contributed by atoms with E-state index in [-0.39, 0.29) is 60.9 Å². The molecule has 2 bridgehead atoms. The molecule has 1 aliphatic carbocycles. The minimum Gasteiger partial charge on any atom is -0.460 e. The zero-order valence-electron chi connectivity index (χ0n) is 42.5. The van der Waals surface area contributed by atoms with Gasteiger partial charge >= 0.3 is 5.97 Å². The second-order valence-corrected chi connectivity index (χ2v) is 20.4. The number of hydrogen-bond acceptors (Lipinski definition) is 15. The normalized spacial score (nSPS) is 36.3. The first-order valence-corrected chi connectivity index (χ1v) is 25.0. The van der Waals surface area contributed by atoms with E-state index >= 15 is 0 Å². The second kappa shape index (κ2) is 25.7. The van der Waals surface area contributed by atoms with Gasteiger partial charge in [-0.2, -0.15) is 0 Å². The molecule has 1 aromatic rings. The quantitative estimate of drug-likeness (QED) is 0.235. The maximum atomic E-state index is 14.5. The Bertz CT molecular complexity index is 2020. The number of esters is 1. The number of methoxy groups -OCH3 is 3. The SMILES string of the molecule is CO[C@H]1C[C@@H]2CC[C@@H](C)[C@@](O)(O2)C(=O)C(=O)N2CCCC[C@H]2C(=O)O[C@H]([C@H](C)C[C@@H]2CC[C@H](n3cnnn3)[C@H](OC)C2)CC(=O)C(C)=CC(C)[C@@H](O)[C@@H](OC)C(=O)[C@@H](C)C[C@H](C)C=CC=CC=C1C. The summed E-state index contributed by atoms with van der Waals surface area (Å²) < 4.78 is 31.6. The number of Topliss-reactive ketones (excluding diaryl/α,β-unsaturated/α-hetero) is 3. The largest absolute Gasteiger partial charge is 0.460 e. The van der Waals surface area contributed by atoms with Crippen LogP contribution in [0.3, 0.4) is 0 Å². The number of carbonyl (C=O) groups excluding carboxylic acids is 5. The fourth-order valence-electron chi connectivity index (χ4n) is 10.8. The molecule has 17 nitrogen and oxygen atoms in total. The van der Waals surface area contributed by atoms with E-state index in [1.54, 1.807) is 52.1 Å². The molecule has 384 valence electrons. The summed E-state index contributed by atoms with van der Waals surface area (Å²) in [7, 11) is 4.63. The number of nitrogens with zero attached hydrogens (tertiary/aromatic N) is 5. The summed E-state index contributed by atoms with van der Waals surface area (Å²) in [4.78, 5) is 72.3. The summed E-state index contributed by atoms with van der Waals surface area (Å²) in [5.74, 6) is -7.89. The van der Waals surface area contributed by atoms with Crippen molar-refractivity contribution in [3.05, 3.63) is 53.9 Å². The number of tetrazole rings is 1. The Kier molecular flexibility index (Phi) is 20.8. The van der Waals surface area contributed by atoms with E-state index < -0.39 is 77.8 Å². The summed E-state index contributed by atoms with van der Waals surface area (Å²) in [6.07, 6.45) is 14.0. The smallest absolute Gasteiger partial charge is 0.329 e. The highest BCUT2D eigenvalue weighted by atomic mass is 16.6. The van der Waals surface area contributed by atoms with E-state index in [1.807, 2.05) is 58.1 Å². The average molecular weight is 966 g/mol. The number of aliphatic hydroxyl groups is 2. The minimum atomic E-state index is -2.43. The number of carbonyl (C=O) groups is 5. The number of aliphatic hydroxyl groups excluding tert-OH is 1. The monoisotopic (exact) mass is 966 g/mol. The van der Waals surface area contributed by atoms with Gasteiger partial charge in [-0.3, -0.25) is 19.2 Å². The molecule has 4 aliphatic rings. The van der Waals surface area contributed by atoms with E-state index in [0.717, 1.165) is 18.4 Å². The molecule has 3 aliphatic heterocycles. The molecule has 17 heteroatoms. The molecule has 4 heterocycles. The predicted octanol–water partition coefficient (Wildman–Crippen LogP) is 6.05. The highest BCUT2D eigenvalue weighted by molar-refractivity contribution is 6.39. The Labute approximate surface area is 408 Å². The minimum absolute atomic E-state index is 0.0197. The van der Waals surface area contributed by atoms with Crippen LogP contribution in [-0.4, -0.2) is 141 Å². The molecule has 1 aromatic heterocycles. The van der Waals surface area contributed by atoms with Crippen molar-refractivity contribution in [2.75, 3.05) is 27.9 Å². The number of cyclic esters (lactones) is 1. The highest BCUT2D eigenvalue weighted by Crippen LogP contribution is 2.39. The number of piperidine rings is 1. The van der Waals surface area contributed by atoms with Crippen LogP contribution in [0, 0.1) is 35.5 Å². The molecule has 1 amide bonds. The molecule has 2 saturated heterocycles. The van der Waals surface area contributed by atoms with Crippen molar-refractivity contribution in [1.29, 1.82) is 0 Å². The molecule has 1 saturated carbocycles. The first-order valence-electron chi connectivity index (χ1n) is 25.0. The fraction of sp³-hybridized carbons (Fsp3) is 0.731. The first kappa shape index (κ1) is 55.7. The van der Waals surface area contributed by atoms with E-state index in [1.165, 1.54) is 12.0 Å². The van der Waals surface area contributed by atoms with E-state index in [2.05, 4.69) is 15.5 Å². The number of hydrogen-bond donors (Lipinski definition) is 2.